The third-order valence-corrected chi connectivity index (χ3v) is 7.68. The van der Waals surface area contributed by atoms with Crippen molar-refractivity contribution in [3.63, 3.8) is 0 Å². The Balaban J connectivity index is 1.59. The molecule has 2 aliphatic rings. The SMILES string of the molecule is O=C(O)N[C@@H](Cc1ccccc1)[C@H](O)CN(OC1CCCC1)S(=O)(=O)c1ccc2c(c1)OCCO2. The minimum absolute atomic E-state index is 0.0715. The molecule has 11 heteroatoms. The van der Waals surface area contributed by atoms with E-state index in [1.807, 2.05) is 18.2 Å². The number of aliphatic hydroxyl groups excluding tert-OH is 1. The molecule has 1 aliphatic carbocycles. The third-order valence-electron chi connectivity index (χ3n) is 6.06. The van der Waals surface area contributed by atoms with Crippen molar-refractivity contribution >= 4 is 16.1 Å². The Kier molecular flexibility index (Phi) is 8.11. The van der Waals surface area contributed by atoms with E-state index in [4.69, 9.17) is 14.3 Å². The van der Waals surface area contributed by atoms with E-state index >= 15 is 0 Å². The summed E-state index contributed by atoms with van der Waals surface area (Å²) in [6, 6.07) is 12.4. The van der Waals surface area contributed by atoms with Crippen molar-refractivity contribution in [2.75, 3.05) is 19.8 Å². The average molecular weight is 507 g/mol. The smallest absolute Gasteiger partial charge is 0.404 e. The molecular weight excluding hydrogens is 476 g/mol. The predicted molar refractivity (Wildman–Crippen MR) is 126 cm³/mol. The van der Waals surface area contributed by atoms with Gasteiger partial charge in [0.1, 0.15) is 13.2 Å². The molecule has 4 rings (SSSR count). The average Bonchev–Trinajstić information content (AvgIpc) is 3.36. The fraction of sp³-hybridized carbons (Fsp3) is 0.458. The lowest BCUT2D eigenvalue weighted by atomic mass is 10.0. The number of hydrogen-bond acceptors (Lipinski definition) is 7. The second-order valence-electron chi connectivity index (χ2n) is 8.62. The highest BCUT2D eigenvalue weighted by molar-refractivity contribution is 7.89. The van der Waals surface area contributed by atoms with Crippen LogP contribution < -0.4 is 14.8 Å². The number of sulfonamides is 1. The van der Waals surface area contributed by atoms with Crippen molar-refractivity contribution in [1.82, 2.24) is 9.79 Å². The van der Waals surface area contributed by atoms with Gasteiger partial charge in [-0.25, -0.2) is 13.2 Å². The monoisotopic (exact) mass is 506 g/mol. The maximum Gasteiger partial charge on any atom is 0.404 e. The molecule has 10 nitrogen and oxygen atoms in total. The van der Waals surface area contributed by atoms with Gasteiger partial charge in [0.25, 0.3) is 10.0 Å². The molecule has 2 aromatic rings. The van der Waals surface area contributed by atoms with Crippen molar-refractivity contribution in [3.05, 3.63) is 54.1 Å². The van der Waals surface area contributed by atoms with Gasteiger partial charge in [0.05, 0.1) is 29.7 Å². The van der Waals surface area contributed by atoms with Gasteiger partial charge in [0.15, 0.2) is 11.5 Å². The van der Waals surface area contributed by atoms with Crippen LogP contribution in [0, 0.1) is 0 Å². The normalized spacial score (nSPS) is 17.8. The maximum absolute atomic E-state index is 13.6. The molecule has 0 spiro atoms. The Morgan fingerprint density at radius 3 is 2.46 bits per heavy atom. The van der Waals surface area contributed by atoms with E-state index < -0.39 is 34.8 Å². The van der Waals surface area contributed by atoms with Crippen molar-refractivity contribution in [1.29, 1.82) is 0 Å². The van der Waals surface area contributed by atoms with Crippen molar-refractivity contribution in [2.24, 2.45) is 0 Å². The lowest BCUT2D eigenvalue weighted by Gasteiger charge is -2.30. The summed E-state index contributed by atoms with van der Waals surface area (Å²) in [5.41, 5.74) is 0.795. The van der Waals surface area contributed by atoms with Gasteiger partial charge >= 0.3 is 6.09 Å². The second-order valence-corrected chi connectivity index (χ2v) is 10.4. The molecule has 3 N–H and O–H groups in total. The van der Waals surface area contributed by atoms with Crippen LogP contribution in [-0.4, -0.2) is 67.2 Å². The summed E-state index contributed by atoms with van der Waals surface area (Å²) in [6.45, 7) is 0.228. The molecule has 0 unspecified atom stereocenters. The number of hydroxylamine groups is 1. The summed E-state index contributed by atoms with van der Waals surface area (Å²) in [6.07, 6.45) is 0.408. The summed E-state index contributed by atoms with van der Waals surface area (Å²) in [5.74, 6) is 0.764. The zero-order valence-electron chi connectivity index (χ0n) is 19.2. The first-order valence-electron chi connectivity index (χ1n) is 11.6. The molecule has 0 saturated heterocycles. The van der Waals surface area contributed by atoms with Crippen LogP contribution >= 0.6 is 0 Å². The Morgan fingerprint density at radius 2 is 1.77 bits per heavy atom. The van der Waals surface area contributed by atoms with Gasteiger partial charge in [-0.15, -0.1) is 0 Å². The van der Waals surface area contributed by atoms with Crippen LogP contribution in [-0.2, 0) is 21.3 Å². The number of carbonyl (C=O) groups is 1. The molecule has 1 fully saturated rings. The molecule has 2 atom stereocenters. The van der Waals surface area contributed by atoms with Gasteiger partial charge in [-0.3, -0.25) is 4.84 Å². The first-order chi connectivity index (χ1) is 16.8. The van der Waals surface area contributed by atoms with E-state index in [0.29, 0.717) is 37.6 Å². The zero-order valence-corrected chi connectivity index (χ0v) is 20.0. The molecule has 190 valence electrons. The molecule has 2 aromatic carbocycles. The molecule has 0 aromatic heterocycles. The van der Waals surface area contributed by atoms with Crippen LogP contribution in [0.3, 0.4) is 0 Å². The van der Waals surface area contributed by atoms with Crippen LogP contribution in [0.4, 0.5) is 4.79 Å². The first kappa shape index (κ1) is 25.2. The van der Waals surface area contributed by atoms with Crippen LogP contribution in [0.1, 0.15) is 31.2 Å². The predicted octanol–water partition coefficient (Wildman–Crippen LogP) is 2.56. The van der Waals surface area contributed by atoms with E-state index in [2.05, 4.69) is 5.32 Å². The fourth-order valence-electron chi connectivity index (χ4n) is 4.25. The van der Waals surface area contributed by atoms with Gasteiger partial charge < -0.3 is 25.0 Å². The fourth-order valence-corrected chi connectivity index (χ4v) is 5.56. The number of fused-ring (bicyclic) bond motifs is 1. The number of rotatable bonds is 10. The van der Waals surface area contributed by atoms with Crippen LogP contribution in [0.2, 0.25) is 0 Å². The number of nitrogens with zero attached hydrogens (tertiary/aromatic N) is 1. The molecule has 0 bridgehead atoms. The minimum atomic E-state index is -4.21. The van der Waals surface area contributed by atoms with E-state index in [1.165, 1.54) is 18.2 Å². The Labute approximate surface area is 204 Å². The number of amides is 1. The van der Waals surface area contributed by atoms with Gasteiger partial charge in [0.2, 0.25) is 0 Å². The summed E-state index contributed by atoms with van der Waals surface area (Å²) in [7, 11) is -4.21. The van der Waals surface area contributed by atoms with E-state index in [-0.39, 0.29) is 17.4 Å². The number of ether oxygens (including phenoxy) is 2. The highest BCUT2D eigenvalue weighted by Gasteiger charge is 2.35. The number of hydrogen-bond donors (Lipinski definition) is 3. The third kappa shape index (κ3) is 6.43. The van der Waals surface area contributed by atoms with Gasteiger partial charge in [-0.1, -0.05) is 47.6 Å². The highest BCUT2D eigenvalue weighted by Crippen LogP contribution is 2.34. The van der Waals surface area contributed by atoms with Crippen LogP contribution in [0.25, 0.3) is 0 Å². The summed E-state index contributed by atoms with van der Waals surface area (Å²) in [4.78, 5) is 17.2. The molecule has 1 amide bonds. The first-order valence-corrected chi connectivity index (χ1v) is 13.1. The Morgan fingerprint density at radius 1 is 1.09 bits per heavy atom. The summed E-state index contributed by atoms with van der Waals surface area (Å²) in [5, 5.41) is 22.6. The quantitative estimate of drug-likeness (QED) is 0.419. The topological polar surface area (TPSA) is 135 Å². The number of aliphatic hydroxyl groups is 1. The Hall–Kier alpha value is -2.86. The number of benzene rings is 2. The largest absolute Gasteiger partial charge is 0.486 e. The summed E-state index contributed by atoms with van der Waals surface area (Å²) < 4.78 is 39.0. The van der Waals surface area contributed by atoms with E-state index in [0.717, 1.165) is 22.9 Å². The molecule has 1 heterocycles. The summed E-state index contributed by atoms with van der Waals surface area (Å²) >= 11 is 0. The molecular formula is C24H30N2O8S. The lowest BCUT2D eigenvalue weighted by Crippen LogP contribution is -2.50. The molecule has 1 saturated carbocycles. The maximum atomic E-state index is 13.6. The van der Waals surface area contributed by atoms with Crippen molar-refractivity contribution in [2.45, 2.75) is 55.2 Å². The van der Waals surface area contributed by atoms with Gasteiger partial charge in [-0.2, -0.15) is 0 Å². The van der Waals surface area contributed by atoms with Crippen molar-refractivity contribution in [3.8, 4) is 11.5 Å². The van der Waals surface area contributed by atoms with E-state index in [1.54, 1.807) is 12.1 Å². The Bertz CT molecular complexity index is 1110. The standard InChI is InChI=1S/C24H30N2O8S/c27-21(20(25-24(28)29)14-17-6-2-1-3-7-17)16-26(34-18-8-4-5-9-18)35(30,31)19-10-11-22-23(15-19)33-13-12-32-22/h1-3,6-7,10-11,15,18,20-21,25,27H,4-5,8-9,12-14,16H2,(H,28,29)/t20-,21+/m0/s1. The highest BCUT2D eigenvalue weighted by atomic mass is 32.2. The van der Waals surface area contributed by atoms with Crippen LogP contribution in [0.5, 0.6) is 11.5 Å². The number of nitrogens with one attached hydrogen (secondary N) is 1. The molecule has 35 heavy (non-hydrogen) atoms. The lowest BCUT2D eigenvalue weighted by molar-refractivity contribution is -0.145. The zero-order chi connectivity index (χ0) is 24.8. The van der Waals surface area contributed by atoms with E-state index in [9.17, 15) is 23.4 Å². The molecule has 1 aliphatic heterocycles. The number of carboxylic acid groups (broad SMARTS) is 1. The second kappa shape index (κ2) is 11.3. The van der Waals surface area contributed by atoms with Crippen LogP contribution in [0.15, 0.2) is 53.4 Å². The van der Waals surface area contributed by atoms with Gasteiger partial charge in [-0.05, 0) is 37.0 Å². The molecule has 0 radical (unpaired) electrons. The minimum Gasteiger partial charge on any atom is -0.486 e. The van der Waals surface area contributed by atoms with Crippen molar-refractivity contribution < 1.29 is 37.7 Å². The van der Waals surface area contributed by atoms with Gasteiger partial charge in [0, 0.05) is 6.07 Å².